The van der Waals surface area contributed by atoms with E-state index >= 15 is 0 Å². The molecule has 1 aliphatic carbocycles. The normalized spacial score (nSPS) is 13.2. The zero-order valence-electron chi connectivity index (χ0n) is 8.81. The van der Waals surface area contributed by atoms with E-state index in [0.717, 1.165) is 10.8 Å². The number of carbonyl (C=O) groups excluding carboxylic acids is 1. The van der Waals surface area contributed by atoms with E-state index < -0.39 is 5.97 Å². The molecule has 2 aromatic carbocycles. The van der Waals surface area contributed by atoms with Gasteiger partial charge in [0.1, 0.15) is 0 Å². The lowest BCUT2D eigenvalue weighted by molar-refractivity contribution is -0.130. The molecule has 0 bridgehead atoms. The third-order valence-corrected chi connectivity index (χ3v) is 3.07. The maximum absolute atomic E-state index is 11.3. The van der Waals surface area contributed by atoms with E-state index in [1.54, 1.807) is 18.2 Å². The molecule has 0 amide bonds. The lowest BCUT2D eigenvalue weighted by Crippen LogP contribution is -1.99. The number of hydrogen-bond acceptors (Lipinski definition) is 2. The number of carboxylic acids is 1. The highest BCUT2D eigenvalue weighted by Crippen LogP contribution is 2.40. The molecule has 0 heterocycles. The second kappa shape index (κ2) is 3.28. The Labute approximate surface area is 97.0 Å². The van der Waals surface area contributed by atoms with Crippen molar-refractivity contribution >= 4 is 34.2 Å². The Balaban J connectivity index is 2.51. The highest BCUT2D eigenvalue weighted by molar-refractivity contribution is 6.40. The van der Waals surface area contributed by atoms with Crippen LogP contribution in [0, 0.1) is 0 Å². The van der Waals surface area contributed by atoms with E-state index in [0.29, 0.717) is 17.4 Å². The third kappa shape index (κ3) is 1.16. The van der Waals surface area contributed by atoms with Gasteiger partial charge in [0.25, 0.3) is 0 Å². The van der Waals surface area contributed by atoms with Crippen LogP contribution in [0.1, 0.15) is 11.1 Å². The van der Waals surface area contributed by atoms with E-state index in [-0.39, 0.29) is 11.1 Å². The summed E-state index contributed by atoms with van der Waals surface area (Å²) in [4.78, 5) is 22.4. The average molecular weight is 224 g/mol. The minimum atomic E-state index is -1.06. The van der Waals surface area contributed by atoms with Crippen LogP contribution in [0.5, 0.6) is 0 Å². The van der Waals surface area contributed by atoms with Crippen LogP contribution in [0.15, 0.2) is 36.4 Å². The van der Waals surface area contributed by atoms with Crippen LogP contribution in [0.25, 0.3) is 21.9 Å². The molecule has 82 valence electrons. The Kier molecular flexibility index (Phi) is 1.89. The molecule has 0 spiro atoms. The molecule has 3 nitrogen and oxygen atoms in total. The third-order valence-electron chi connectivity index (χ3n) is 3.07. The Morgan fingerprint density at radius 3 is 2.29 bits per heavy atom. The largest absolute Gasteiger partial charge is 0.478 e. The molecular weight excluding hydrogens is 216 g/mol. The summed E-state index contributed by atoms with van der Waals surface area (Å²) in [5.41, 5.74) is 1.72. The highest BCUT2D eigenvalue weighted by atomic mass is 16.4. The Morgan fingerprint density at radius 2 is 1.71 bits per heavy atom. The summed E-state index contributed by atoms with van der Waals surface area (Å²) in [5.74, 6) is -1.06. The van der Waals surface area contributed by atoms with Gasteiger partial charge in [0, 0.05) is 5.57 Å². The van der Waals surface area contributed by atoms with Crippen LogP contribution in [0.3, 0.4) is 0 Å². The van der Waals surface area contributed by atoms with Gasteiger partial charge in [-0.3, -0.25) is 4.79 Å². The second-order valence-electron chi connectivity index (χ2n) is 3.92. The molecule has 0 aliphatic heterocycles. The van der Waals surface area contributed by atoms with Gasteiger partial charge >= 0.3 is 5.97 Å². The molecule has 0 aromatic heterocycles. The monoisotopic (exact) mass is 224 g/mol. The molecule has 3 rings (SSSR count). The first-order valence-electron chi connectivity index (χ1n) is 5.19. The molecule has 0 atom stereocenters. The number of rotatable bonds is 2. The average Bonchev–Trinajstić information content (AvgIpc) is 2.66. The van der Waals surface area contributed by atoms with Gasteiger partial charge in [0.2, 0.25) is 0 Å². The van der Waals surface area contributed by atoms with Crippen LogP contribution < -0.4 is 0 Å². The first kappa shape index (κ1) is 9.78. The number of aliphatic carboxylic acids is 1. The van der Waals surface area contributed by atoms with Crippen LogP contribution >= 0.6 is 0 Å². The minimum absolute atomic E-state index is 0.104. The van der Waals surface area contributed by atoms with Gasteiger partial charge in [0.15, 0.2) is 6.29 Å². The number of aldehydes is 1. The number of carboxylic acid groups (broad SMARTS) is 1. The number of carbonyl (C=O) groups is 2. The zero-order valence-corrected chi connectivity index (χ0v) is 8.81. The van der Waals surface area contributed by atoms with Gasteiger partial charge in [-0.05, 0) is 21.9 Å². The SMILES string of the molecule is O=CC1=C(C(=O)O)c2cccc3cccc1c23. The predicted octanol–water partition coefficient (Wildman–Crippen LogP) is 2.35. The molecule has 0 saturated heterocycles. The molecule has 0 radical (unpaired) electrons. The first-order chi connectivity index (χ1) is 8.24. The fourth-order valence-electron chi connectivity index (χ4n) is 2.41. The van der Waals surface area contributed by atoms with Crippen molar-refractivity contribution < 1.29 is 14.7 Å². The van der Waals surface area contributed by atoms with Crippen molar-refractivity contribution in [1.82, 2.24) is 0 Å². The summed E-state index contributed by atoms with van der Waals surface area (Å²) in [6.07, 6.45) is 0.623. The van der Waals surface area contributed by atoms with Crippen molar-refractivity contribution in [1.29, 1.82) is 0 Å². The fourth-order valence-corrected chi connectivity index (χ4v) is 2.41. The number of hydrogen-bond donors (Lipinski definition) is 1. The lowest BCUT2D eigenvalue weighted by atomic mass is 10.0. The Morgan fingerprint density at radius 1 is 1.06 bits per heavy atom. The lowest BCUT2D eigenvalue weighted by Gasteiger charge is -2.01. The Hall–Kier alpha value is -2.42. The van der Waals surface area contributed by atoms with Crippen molar-refractivity contribution in [2.24, 2.45) is 0 Å². The smallest absolute Gasteiger partial charge is 0.337 e. The molecule has 1 aliphatic rings. The van der Waals surface area contributed by atoms with E-state index in [1.807, 2.05) is 18.2 Å². The van der Waals surface area contributed by atoms with Crippen molar-refractivity contribution in [2.45, 2.75) is 0 Å². The molecule has 0 unspecified atom stereocenters. The first-order valence-corrected chi connectivity index (χ1v) is 5.19. The zero-order chi connectivity index (χ0) is 12.0. The topological polar surface area (TPSA) is 54.4 Å². The molecule has 17 heavy (non-hydrogen) atoms. The highest BCUT2D eigenvalue weighted by Gasteiger charge is 2.27. The summed E-state index contributed by atoms with van der Waals surface area (Å²) in [6.45, 7) is 0. The van der Waals surface area contributed by atoms with Gasteiger partial charge in [-0.15, -0.1) is 0 Å². The molecule has 2 aromatic rings. The fraction of sp³-hybridized carbons (Fsp3) is 0. The van der Waals surface area contributed by atoms with Crippen molar-refractivity contribution in [3.8, 4) is 0 Å². The van der Waals surface area contributed by atoms with E-state index in [4.69, 9.17) is 0 Å². The predicted molar refractivity (Wildman–Crippen MR) is 64.5 cm³/mol. The summed E-state index contributed by atoms with van der Waals surface area (Å²) in [6, 6.07) is 11.0. The van der Waals surface area contributed by atoms with E-state index in [9.17, 15) is 14.7 Å². The van der Waals surface area contributed by atoms with Gasteiger partial charge in [-0.1, -0.05) is 36.4 Å². The van der Waals surface area contributed by atoms with Crippen LogP contribution in [0.4, 0.5) is 0 Å². The van der Waals surface area contributed by atoms with Gasteiger partial charge in [-0.2, -0.15) is 0 Å². The molecule has 1 N–H and O–H groups in total. The summed E-state index contributed by atoms with van der Waals surface area (Å²) >= 11 is 0. The minimum Gasteiger partial charge on any atom is -0.478 e. The van der Waals surface area contributed by atoms with Crippen LogP contribution in [0.2, 0.25) is 0 Å². The van der Waals surface area contributed by atoms with Crippen LogP contribution in [-0.4, -0.2) is 17.4 Å². The Bertz CT molecular complexity index is 690. The molecule has 0 saturated carbocycles. The summed E-state index contributed by atoms with van der Waals surface area (Å²) < 4.78 is 0. The second-order valence-corrected chi connectivity index (χ2v) is 3.92. The molecular formula is C14H8O3. The van der Waals surface area contributed by atoms with Crippen molar-refractivity contribution in [2.75, 3.05) is 0 Å². The van der Waals surface area contributed by atoms with Gasteiger partial charge in [0.05, 0.1) is 5.57 Å². The standard InChI is InChI=1S/C14H8O3/c15-7-11-9-5-1-3-8-4-2-6-10(12(8)9)13(11)14(16)17/h1-7H,(H,16,17). The van der Waals surface area contributed by atoms with E-state index in [2.05, 4.69) is 0 Å². The summed E-state index contributed by atoms with van der Waals surface area (Å²) in [7, 11) is 0. The maximum Gasteiger partial charge on any atom is 0.337 e. The van der Waals surface area contributed by atoms with Gasteiger partial charge < -0.3 is 5.11 Å². The maximum atomic E-state index is 11.3. The van der Waals surface area contributed by atoms with Crippen molar-refractivity contribution in [3.63, 3.8) is 0 Å². The van der Waals surface area contributed by atoms with Gasteiger partial charge in [-0.25, -0.2) is 4.79 Å². The number of benzene rings is 2. The molecule has 3 heteroatoms. The quantitative estimate of drug-likeness (QED) is 0.796. The van der Waals surface area contributed by atoms with Crippen molar-refractivity contribution in [3.05, 3.63) is 47.5 Å². The van der Waals surface area contributed by atoms with Crippen LogP contribution in [-0.2, 0) is 9.59 Å². The molecule has 0 fully saturated rings. The van der Waals surface area contributed by atoms with E-state index in [1.165, 1.54) is 0 Å². The summed E-state index contributed by atoms with van der Waals surface area (Å²) in [5, 5.41) is 11.0. The number of allylic oxidation sites excluding steroid dienone is 1.